The van der Waals surface area contributed by atoms with Gasteiger partial charge in [-0.25, -0.2) is 4.39 Å². The lowest BCUT2D eigenvalue weighted by atomic mass is 9.79. The van der Waals surface area contributed by atoms with Crippen molar-refractivity contribution in [3.63, 3.8) is 0 Å². The lowest BCUT2D eigenvalue weighted by Crippen LogP contribution is -2.42. The van der Waals surface area contributed by atoms with E-state index >= 15 is 0 Å². The average molecular weight is 269 g/mol. The minimum atomic E-state index is -1.70. The number of carbonyl (C=O) groups excluding carboxylic acids is 1. The molecule has 1 heterocycles. The van der Waals surface area contributed by atoms with Crippen molar-refractivity contribution >= 4 is 11.9 Å². The number of nitrogens with zero attached hydrogens (tertiary/aromatic N) is 1. The van der Waals surface area contributed by atoms with Crippen LogP contribution in [-0.4, -0.2) is 28.6 Å². The van der Waals surface area contributed by atoms with Gasteiger partial charge in [0.1, 0.15) is 5.82 Å². The predicted octanol–water partition coefficient (Wildman–Crippen LogP) is 1.81. The zero-order valence-electron chi connectivity index (χ0n) is 10.9. The Balaban J connectivity index is 3.10. The van der Waals surface area contributed by atoms with E-state index in [-0.39, 0.29) is 19.4 Å². The molecule has 0 bridgehead atoms. The van der Waals surface area contributed by atoms with E-state index in [1.807, 2.05) is 0 Å². The fraction of sp³-hybridized carbons (Fsp3) is 0.462. The molecule has 1 atom stereocenters. The molecule has 0 aliphatic heterocycles. The van der Waals surface area contributed by atoms with Crippen molar-refractivity contribution in [3.05, 3.63) is 29.8 Å². The molecule has 1 N–H and O–H groups in total. The molecule has 104 valence electrons. The smallest absolute Gasteiger partial charge is 0.323 e. The number of aliphatic carboxylic acids is 1. The van der Waals surface area contributed by atoms with Crippen LogP contribution in [0.1, 0.15) is 25.8 Å². The molecule has 1 rings (SSSR count). The van der Waals surface area contributed by atoms with Gasteiger partial charge in [0.15, 0.2) is 5.41 Å². The molecule has 0 saturated carbocycles. The first-order valence-corrected chi connectivity index (χ1v) is 5.96. The maximum absolute atomic E-state index is 13.1. The third-order valence-corrected chi connectivity index (χ3v) is 2.95. The molecule has 0 saturated heterocycles. The van der Waals surface area contributed by atoms with E-state index in [1.165, 1.54) is 12.3 Å². The van der Waals surface area contributed by atoms with Crippen LogP contribution in [0.15, 0.2) is 18.5 Å². The molecular formula is C13H16FNO4. The summed E-state index contributed by atoms with van der Waals surface area (Å²) >= 11 is 0. The van der Waals surface area contributed by atoms with Gasteiger partial charge in [-0.2, -0.15) is 0 Å². The van der Waals surface area contributed by atoms with Gasteiger partial charge in [0.2, 0.25) is 0 Å². The highest BCUT2D eigenvalue weighted by Crippen LogP contribution is 2.29. The van der Waals surface area contributed by atoms with Crippen LogP contribution < -0.4 is 0 Å². The number of rotatable bonds is 6. The number of aromatic nitrogens is 1. The minimum Gasteiger partial charge on any atom is -0.480 e. The van der Waals surface area contributed by atoms with E-state index < -0.39 is 23.2 Å². The number of hydrogen-bond acceptors (Lipinski definition) is 4. The molecule has 0 aliphatic carbocycles. The molecule has 5 nitrogen and oxygen atoms in total. The van der Waals surface area contributed by atoms with E-state index in [0.717, 1.165) is 6.20 Å². The van der Waals surface area contributed by atoms with Crippen LogP contribution in [0, 0.1) is 11.2 Å². The molecule has 0 aliphatic rings. The first kappa shape index (κ1) is 15.1. The Morgan fingerprint density at radius 3 is 2.58 bits per heavy atom. The molecule has 1 unspecified atom stereocenters. The summed E-state index contributed by atoms with van der Waals surface area (Å²) < 4.78 is 17.9. The lowest BCUT2D eigenvalue weighted by Gasteiger charge is -2.25. The van der Waals surface area contributed by atoms with Gasteiger partial charge in [-0.3, -0.25) is 14.6 Å². The Morgan fingerprint density at radius 1 is 1.42 bits per heavy atom. The summed E-state index contributed by atoms with van der Waals surface area (Å²) in [6.07, 6.45) is 2.26. The molecular weight excluding hydrogens is 253 g/mol. The van der Waals surface area contributed by atoms with Crippen molar-refractivity contribution in [1.82, 2.24) is 4.98 Å². The third-order valence-electron chi connectivity index (χ3n) is 2.95. The first-order valence-electron chi connectivity index (χ1n) is 5.96. The Hall–Kier alpha value is -1.98. The Morgan fingerprint density at radius 2 is 2.11 bits per heavy atom. The van der Waals surface area contributed by atoms with Crippen LogP contribution >= 0.6 is 0 Å². The number of halogens is 1. The van der Waals surface area contributed by atoms with E-state index in [1.54, 1.807) is 13.8 Å². The summed E-state index contributed by atoms with van der Waals surface area (Å²) in [5.41, 5.74) is -1.36. The molecule has 0 radical (unpaired) electrons. The zero-order valence-corrected chi connectivity index (χ0v) is 10.9. The van der Waals surface area contributed by atoms with Crippen molar-refractivity contribution in [2.45, 2.75) is 26.7 Å². The van der Waals surface area contributed by atoms with Crippen molar-refractivity contribution < 1.29 is 23.8 Å². The highest BCUT2D eigenvalue weighted by Gasteiger charge is 2.46. The normalized spacial score (nSPS) is 13.6. The number of carboxylic acids is 1. The highest BCUT2D eigenvalue weighted by atomic mass is 19.1. The van der Waals surface area contributed by atoms with Gasteiger partial charge < -0.3 is 9.84 Å². The number of pyridine rings is 1. The SMILES string of the molecule is CCOC(=O)C(CC)(Cc1cncc(F)c1)C(=O)O. The summed E-state index contributed by atoms with van der Waals surface area (Å²) in [5, 5.41) is 9.34. The molecule has 1 aromatic heterocycles. The van der Waals surface area contributed by atoms with E-state index in [0.29, 0.717) is 5.56 Å². The molecule has 0 spiro atoms. The number of ether oxygens (including phenoxy) is 1. The van der Waals surface area contributed by atoms with Gasteiger partial charge in [0.05, 0.1) is 12.8 Å². The monoisotopic (exact) mass is 269 g/mol. The fourth-order valence-corrected chi connectivity index (χ4v) is 1.83. The van der Waals surface area contributed by atoms with Crippen molar-refractivity contribution in [2.24, 2.45) is 5.41 Å². The fourth-order valence-electron chi connectivity index (χ4n) is 1.83. The zero-order chi connectivity index (χ0) is 14.5. The largest absolute Gasteiger partial charge is 0.480 e. The van der Waals surface area contributed by atoms with Gasteiger partial charge in [0, 0.05) is 12.6 Å². The molecule has 0 aromatic carbocycles. The van der Waals surface area contributed by atoms with Crippen LogP contribution in [0.2, 0.25) is 0 Å². The highest BCUT2D eigenvalue weighted by molar-refractivity contribution is 5.99. The third kappa shape index (κ3) is 3.27. The second-order valence-electron chi connectivity index (χ2n) is 4.15. The number of carboxylic acid groups (broad SMARTS) is 1. The van der Waals surface area contributed by atoms with Crippen molar-refractivity contribution in [1.29, 1.82) is 0 Å². The Labute approximate surface area is 110 Å². The molecule has 6 heteroatoms. The maximum Gasteiger partial charge on any atom is 0.323 e. The van der Waals surface area contributed by atoms with Gasteiger partial charge >= 0.3 is 11.9 Å². The Bertz CT molecular complexity index is 477. The summed E-state index contributed by atoms with van der Waals surface area (Å²) in [6, 6.07) is 1.17. The van der Waals surface area contributed by atoms with Crippen LogP contribution in [-0.2, 0) is 20.7 Å². The van der Waals surface area contributed by atoms with Crippen LogP contribution in [0.25, 0.3) is 0 Å². The average Bonchev–Trinajstić information content (AvgIpc) is 2.36. The van der Waals surface area contributed by atoms with Gasteiger partial charge in [0.25, 0.3) is 0 Å². The summed E-state index contributed by atoms with van der Waals surface area (Å²) in [7, 11) is 0. The first-order chi connectivity index (χ1) is 8.96. The number of hydrogen-bond donors (Lipinski definition) is 1. The summed E-state index contributed by atoms with van der Waals surface area (Å²) in [6.45, 7) is 3.27. The quantitative estimate of drug-likeness (QED) is 0.629. The molecule has 1 aromatic rings. The Kier molecular flexibility index (Phi) is 4.97. The topological polar surface area (TPSA) is 76.5 Å². The van der Waals surface area contributed by atoms with Crippen LogP contribution in [0.3, 0.4) is 0 Å². The van der Waals surface area contributed by atoms with E-state index in [4.69, 9.17) is 4.74 Å². The number of carbonyl (C=O) groups is 2. The second-order valence-corrected chi connectivity index (χ2v) is 4.15. The molecule has 0 fully saturated rings. The van der Waals surface area contributed by atoms with Gasteiger partial charge in [-0.1, -0.05) is 6.92 Å². The van der Waals surface area contributed by atoms with Crippen LogP contribution in [0.5, 0.6) is 0 Å². The summed E-state index contributed by atoms with van der Waals surface area (Å²) in [5.74, 6) is -2.66. The van der Waals surface area contributed by atoms with Gasteiger partial charge in [-0.05, 0) is 25.0 Å². The van der Waals surface area contributed by atoms with E-state index in [9.17, 15) is 19.1 Å². The second kappa shape index (κ2) is 6.26. The van der Waals surface area contributed by atoms with Crippen LogP contribution in [0.4, 0.5) is 4.39 Å². The van der Waals surface area contributed by atoms with Gasteiger partial charge in [-0.15, -0.1) is 0 Å². The van der Waals surface area contributed by atoms with Crippen molar-refractivity contribution in [3.8, 4) is 0 Å². The molecule has 19 heavy (non-hydrogen) atoms. The lowest BCUT2D eigenvalue weighted by molar-refractivity contribution is -0.168. The summed E-state index contributed by atoms with van der Waals surface area (Å²) in [4.78, 5) is 27.0. The standard InChI is InChI=1S/C13H16FNO4/c1-3-13(11(16)17,12(18)19-4-2)6-9-5-10(14)8-15-7-9/h5,7-8H,3-4,6H2,1-2H3,(H,16,17). The minimum absolute atomic E-state index is 0.0533. The molecule has 0 amide bonds. The maximum atomic E-state index is 13.1. The van der Waals surface area contributed by atoms with Crippen molar-refractivity contribution in [2.75, 3.05) is 6.61 Å². The predicted molar refractivity (Wildman–Crippen MR) is 64.9 cm³/mol. The van der Waals surface area contributed by atoms with E-state index in [2.05, 4.69) is 4.98 Å². The number of esters is 1.